The third-order valence-corrected chi connectivity index (χ3v) is 2.72. The van der Waals surface area contributed by atoms with Crippen LogP contribution in [0.3, 0.4) is 0 Å². The third-order valence-electron chi connectivity index (χ3n) is 2.72. The molecule has 2 aliphatic rings. The number of allylic oxidation sites excluding steroid dienone is 4. The van der Waals surface area contributed by atoms with Gasteiger partial charge in [0, 0.05) is 0 Å². The molecule has 0 heteroatoms. The Morgan fingerprint density at radius 2 is 2.30 bits per heavy atom. The van der Waals surface area contributed by atoms with E-state index in [0.717, 1.165) is 5.92 Å². The van der Waals surface area contributed by atoms with Gasteiger partial charge in [0.15, 0.2) is 0 Å². The van der Waals surface area contributed by atoms with Gasteiger partial charge in [0.1, 0.15) is 0 Å². The van der Waals surface area contributed by atoms with E-state index in [-0.39, 0.29) is 0 Å². The Kier molecular flexibility index (Phi) is 1.40. The highest BCUT2D eigenvalue weighted by Gasteiger charge is 2.19. The van der Waals surface area contributed by atoms with Crippen molar-refractivity contribution in [3.63, 3.8) is 0 Å². The molecule has 0 aromatic rings. The van der Waals surface area contributed by atoms with Crippen molar-refractivity contribution in [2.24, 2.45) is 5.92 Å². The molecule has 0 aromatic carbocycles. The second-order valence-electron chi connectivity index (χ2n) is 3.40. The van der Waals surface area contributed by atoms with Gasteiger partial charge in [-0.3, -0.25) is 0 Å². The Hall–Kier alpha value is -0.520. The van der Waals surface area contributed by atoms with Crippen molar-refractivity contribution >= 4 is 0 Å². The zero-order chi connectivity index (χ0) is 6.97. The lowest BCUT2D eigenvalue weighted by Crippen LogP contribution is -1.99. The first kappa shape index (κ1) is 6.21. The highest BCUT2D eigenvalue weighted by atomic mass is 14.2. The van der Waals surface area contributed by atoms with Crippen molar-refractivity contribution < 1.29 is 0 Å². The lowest BCUT2D eigenvalue weighted by atomic mass is 9.91. The van der Waals surface area contributed by atoms with E-state index in [4.69, 9.17) is 0 Å². The predicted octanol–water partition coefficient (Wildman–Crippen LogP) is 3.06. The third kappa shape index (κ3) is 0.828. The minimum atomic E-state index is 0.756. The van der Waals surface area contributed by atoms with Crippen molar-refractivity contribution in [2.75, 3.05) is 0 Å². The fourth-order valence-corrected chi connectivity index (χ4v) is 2.14. The van der Waals surface area contributed by atoms with Gasteiger partial charge in [0.25, 0.3) is 0 Å². The molecular weight excluding hydrogens is 120 g/mol. The fourth-order valence-electron chi connectivity index (χ4n) is 2.14. The molecule has 2 rings (SSSR count). The molecule has 0 aliphatic heterocycles. The summed E-state index contributed by atoms with van der Waals surface area (Å²) in [5.41, 5.74) is 3.50. The van der Waals surface area contributed by atoms with E-state index < -0.39 is 0 Å². The monoisotopic (exact) mass is 134 g/mol. The molecule has 0 radical (unpaired) electrons. The Labute approximate surface area is 62.6 Å². The molecular formula is C10H14. The molecule has 0 bridgehead atoms. The van der Waals surface area contributed by atoms with Crippen LogP contribution in [0.2, 0.25) is 0 Å². The quantitative estimate of drug-likeness (QED) is 0.447. The number of hydrogen-bond acceptors (Lipinski definition) is 0. The fraction of sp³-hybridized carbons (Fsp3) is 0.600. The summed E-state index contributed by atoms with van der Waals surface area (Å²) in [4.78, 5) is 0. The molecule has 0 spiro atoms. The van der Waals surface area contributed by atoms with Crippen molar-refractivity contribution in [1.29, 1.82) is 0 Å². The molecule has 0 heterocycles. The maximum atomic E-state index is 2.35. The molecule has 10 heavy (non-hydrogen) atoms. The molecule has 0 aromatic heterocycles. The summed E-state index contributed by atoms with van der Waals surface area (Å²) in [5, 5.41) is 0. The van der Waals surface area contributed by atoms with E-state index in [1.807, 2.05) is 0 Å². The number of hydrogen-bond donors (Lipinski definition) is 0. The van der Waals surface area contributed by atoms with Crippen molar-refractivity contribution in [2.45, 2.75) is 32.6 Å². The van der Waals surface area contributed by atoms with Crippen LogP contribution in [0.25, 0.3) is 0 Å². The standard InChI is InChI=1S/C10H14/c1-8-4-2-5-9-6-3-7-10(8)9/h2,4,8H,3,5-7H2,1H3. The first-order chi connectivity index (χ1) is 4.88. The van der Waals surface area contributed by atoms with Crippen LogP contribution in [0.15, 0.2) is 23.3 Å². The Morgan fingerprint density at radius 3 is 3.10 bits per heavy atom. The predicted molar refractivity (Wildman–Crippen MR) is 43.8 cm³/mol. The summed E-state index contributed by atoms with van der Waals surface area (Å²) in [6, 6.07) is 0. The zero-order valence-electron chi connectivity index (χ0n) is 6.56. The summed E-state index contributed by atoms with van der Waals surface area (Å²) in [6.07, 6.45) is 10.1. The van der Waals surface area contributed by atoms with Crippen molar-refractivity contribution in [3.8, 4) is 0 Å². The minimum Gasteiger partial charge on any atom is -0.0839 e. The molecule has 54 valence electrons. The first-order valence-corrected chi connectivity index (χ1v) is 4.25. The molecule has 0 N–H and O–H groups in total. The summed E-state index contributed by atoms with van der Waals surface area (Å²) in [6.45, 7) is 2.32. The van der Waals surface area contributed by atoms with Gasteiger partial charge < -0.3 is 0 Å². The maximum absolute atomic E-state index is 2.35. The van der Waals surface area contributed by atoms with Gasteiger partial charge in [0.2, 0.25) is 0 Å². The SMILES string of the molecule is CC1C=CCC2=C1CCC2. The maximum Gasteiger partial charge on any atom is -0.00488 e. The minimum absolute atomic E-state index is 0.756. The summed E-state index contributed by atoms with van der Waals surface area (Å²) < 4.78 is 0. The van der Waals surface area contributed by atoms with E-state index >= 15 is 0 Å². The lowest BCUT2D eigenvalue weighted by Gasteiger charge is -2.15. The molecule has 0 saturated heterocycles. The molecule has 1 atom stereocenters. The van der Waals surface area contributed by atoms with Gasteiger partial charge in [-0.05, 0) is 31.6 Å². The average Bonchev–Trinajstić information content (AvgIpc) is 2.36. The van der Waals surface area contributed by atoms with Crippen LogP contribution in [0.5, 0.6) is 0 Å². The average molecular weight is 134 g/mol. The molecule has 0 amide bonds. The normalized spacial score (nSPS) is 31.1. The molecule has 0 fully saturated rings. The van der Waals surface area contributed by atoms with E-state index in [1.54, 1.807) is 11.1 Å². The second kappa shape index (κ2) is 2.26. The Balaban J connectivity index is 2.26. The van der Waals surface area contributed by atoms with Gasteiger partial charge >= 0.3 is 0 Å². The van der Waals surface area contributed by atoms with Crippen LogP contribution in [0, 0.1) is 5.92 Å². The van der Waals surface area contributed by atoms with E-state index in [2.05, 4.69) is 19.1 Å². The van der Waals surface area contributed by atoms with Crippen molar-refractivity contribution in [1.82, 2.24) is 0 Å². The van der Waals surface area contributed by atoms with E-state index in [9.17, 15) is 0 Å². The lowest BCUT2D eigenvalue weighted by molar-refractivity contribution is 0.782. The van der Waals surface area contributed by atoms with Crippen LogP contribution in [-0.2, 0) is 0 Å². The highest BCUT2D eigenvalue weighted by molar-refractivity contribution is 5.30. The Bertz CT molecular complexity index is 196. The number of rotatable bonds is 0. The van der Waals surface area contributed by atoms with Crippen molar-refractivity contribution in [3.05, 3.63) is 23.3 Å². The zero-order valence-corrected chi connectivity index (χ0v) is 6.56. The van der Waals surface area contributed by atoms with Crippen LogP contribution < -0.4 is 0 Å². The van der Waals surface area contributed by atoms with Gasteiger partial charge in [-0.2, -0.15) is 0 Å². The van der Waals surface area contributed by atoms with E-state index in [1.165, 1.54) is 25.7 Å². The van der Waals surface area contributed by atoms with Crippen LogP contribution in [-0.4, -0.2) is 0 Å². The first-order valence-electron chi connectivity index (χ1n) is 4.25. The molecule has 0 saturated carbocycles. The molecule has 1 unspecified atom stereocenters. The van der Waals surface area contributed by atoms with Crippen LogP contribution in [0.1, 0.15) is 32.6 Å². The van der Waals surface area contributed by atoms with Gasteiger partial charge in [-0.1, -0.05) is 30.2 Å². The highest BCUT2D eigenvalue weighted by Crippen LogP contribution is 2.36. The summed E-state index contributed by atoms with van der Waals surface area (Å²) in [5.74, 6) is 0.756. The van der Waals surface area contributed by atoms with Crippen LogP contribution in [0.4, 0.5) is 0 Å². The smallest absolute Gasteiger partial charge is 0.00488 e. The Morgan fingerprint density at radius 1 is 1.40 bits per heavy atom. The van der Waals surface area contributed by atoms with Gasteiger partial charge in [-0.25, -0.2) is 0 Å². The summed E-state index contributed by atoms with van der Waals surface area (Å²) in [7, 11) is 0. The topological polar surface area (TPSA) is 0 Å². The van der Waals surface area contributed by atoms with Crippen LogP contribution >= 0.6 is 0 Å². The molecule has 0 nitrogen and oxygen atoms in total. The molecule has 2 aliphatic carbocycles. The van der Waals surface area contributed by atoms with E-state index in [0.29, 0.717) is 0 Å². The largest absolute Gasteiger partial charge is 0.0839 e. The van der Waals surface area contributed by atoms with Gasteiger partial charge in [0.05, 0.1) is 0 Å². The van der Waals surface area contributed by atoms with Gasteiger partial charge in [-0.15, -0.1) is 0 Å². The summed E-state index contributed by atoms with van der Waals surface area (Å²) >= 11 is 0. The second-order valence-corrected chi connectivity index (χ2v) is 3.40.